The van der Waals surface area contributed by atoms with E-state index in [9.17, 15) is 9.59 Å². The fourth-order valence-electron chi connectivity index (χ4n) is 2.48. The standard InChI is InChI=1S/C21H26N2O5/c1-5-10-27-18-9-7-16(12-19(18)26-4)21(25)23-22-20(24)13-28-17-8-6-14(2)11-15(17)3/h6-9,11-12H,5,10,13H2,1-4H3,(H,22,24)(H,23,25). The lowest BCUT2D eigenvalue weighted by molar-refractivity contribution is -0.123. The summed E-state index contributed by atoms with van der Waals surface area (Å²) < 4.78 is 16.3. The zero-order chi connectivity index (χ0) is 20.5. The first-order valence-electron chi connectivity index (χ1n) is 9.04. The van der Waals surface area contributed by atoms with E-state index >= 15 is 0 Å². The maximum absolute atomic E-state index is 12.2. The average molecular weight is 386 g/mol. The lowest BCUT2D eigenvalue weighted by atomic mass is 10.1. The molecule has 150 valence electrons. The first-order chi connectivity index (χ1) is 13.4. The van der Waals surface area contributed by atoms with Gasteiger partial charge in [0.15, 0.2) is 18.1 Å². The van der Waals surface area contributed by atoms with E-state index < -0.39 is 11.8 Å². The van der Waals surface area contributed by atoms with Crippen LogP contribution >= 0.6 is 0 Å². The van der Waals surface area contributed by atoms with Crippen molar-refractivity contribution in [1.82, 2.24) is 10.9 Å². The van der Waals surface area contributed by atoms with Crippen molar-refractivity contribution in [2.24, 2.45) is 0 Å². The molecule has 0 atom stereocenters. The summed E-state index contributed by atoms with van der Waals surface area (Å²) in [4.78, 5) is 24.2. The largest absolute Gasteiger partial charge is 0.493 e. The number of hydrazine groups is 1. The Hall–Kier alpha value is -3.22. The van der Waals surface area contributed by atoms with Crippen molar-refractivity contribution < 1.29 is 23.8 Å². The molecule has 0 radical (unpaired) electrons. The molecule has 28 heavy (non-hydrogen) atoms. The van der Waals surface area contributed by atoms with Gasteiger partial charge in [-0.2, -0.15) is 0 Å². The quantitative estimate of drug-likeness (QED) is 0.682. The molecule has 0 unspecified atom stereocenters. The number of hydrogen-bond donors (Lipinski definition) is 2. The topological polar surface area (TPSA) is 85.9 Å². The number of aryl methyl sites for hydroxylation is 2. The third-order valence-electron chi connectivity index (χ3n) is 3.89. The monoisotopic (exact) mass is 386 g/mol. The van der Waals surface area contributed by atoms with Gasteiger partial charge >= 0.3 is 0 Å². The van der Waals surface area contributed by atoms with Gasteiger partial charge in [0.25, 0.3) is 11.8 Å². The molecule has 2 rings (SSSR count). The Labute approximate surface area is 165 Å². The number of nitrogens with one attached hydrogen (secondary N) is 2. The molecule has 2 amide bonds. The predicted octanol–water partition coefficient (Wildman–Crippen LogP) is 2.94. The molecule has 0 aromatic heterocycles. The summed E-state index contributed by atoms with van der Waals surface area (Å²) in [5.74, 6) is 0.695. The zero-order valence-corrected chi connectivity index (χ0v) is 16.6. The van der Waals surface area contributed by atoms with Crippen molar-refractivity contribution in [3.8, 4) is 17.2 Å². The third kappa shape index (κ3) is 5.90. The van der Waals surface area contributed by atoms with Crippen LogP contribution < -0.4 is 25.1 Å². The van der Waals surface area contributed by atoms with Crippen molar-refractivity contribution in [3.63, 3.8) is 0 Å². The highest BCUT2D eigenvalue weighted by atomic mass is 16.5. The van der Waals surface area contributed by atoms with E-state index in [4.69, 9.17) is 14.2 Å². The first kappa shape index (κ1) is 21.1. The Kier molecular flexibility index (Phi) is 7.68. The first-order valence-corrected chi connectivity index (χ1v) is 9.04. The molecule has 0 aliphatic rings. The highest BCUT2D eigenvalue weighted by Gasteiger charge is 2.12. The SMILES string of the molecule is CCCOc1ccc(C(=O)NNC(=O)COc2ccc(C)cc2C)cc1OC. The van der Waals surface area contributed by atoms with Gasteiger partial charge in [0.2, 0.25) is 0 Å². The second kappa shape index (κ2) is 10.2. The summed E-state index contributed by atoms with van der Waals surface area (Å²) in [6, 6.07) is 10.5. The van der Waals surface area contributed by atoms with Gasteiger partial charge in [-0.1, -0.05) is 24.6 Å². The van der Waals surface area contributed by atoms with E-state index in [1.165, 1.54) is 7.11 Å². The summed E-state index contributed by atoms with van der Waals surface area (Å²) in [6.45, 7) is 6.23. The lowest BCUT2D eigenvalue weighted by Crippen LogP contribution is -2.43. The van der Waals surface area contributed by atoms with Gasteiger partial charge in [-0.3, -0.25) is 20.4 Å². The molecule has 0 heterocycles. The smallest absolute Gasteiger partial charge is 0.276 e. The molecule has 2 N–H and O–H groups in total. The van der Waals surface area contributed by atoms with Crippen LogP contribution in [0.5, 0.6) is 17.2 Å². The Morgan fingerprint density at radius 3 is 2.36 bits per heavy atom. The van der Waals surface area contributed by atoms with Crippen LogP contribution in [-0.4, -0.2) is 32.1 Å². The van der Waals surface area contributed by atoms with Crippen LogP contribution in [0.3, 0.4) is 0 Å². The summed E-state index contributed by atoms with van der Waals surface area (Å²) >= 11 is 0. The van der Waals surface area contributed by atoms with Gasteiger partial charge < -0.3 is 14.2 Å². The van der Waals surface area contributed by atoms with Crippen molar-refractivity contribution in [3.05, 3.63) is 53.1 Å². The van der Waals surface area contributed by atoms with E-state index in [0.717, 1.165) is 17.5 Å². The van der Waals surface area contributed by atoms with Crippen molar-refractivity contribution in [1.29, 1.82) is 0 Å². The number of rotatable bonds is 8. The molecule has 0 bridgehead atoms. The average Bonchev–Trinajstić information content (AvgIpc) is 2.69. The lowest BCUT2D eigenvalue weighted by Gasteiger charge is -2.13. The van der Waals surface area contributed by atoms with E-state index in [1.807, 2.05) is 39.0 Å². The van der Waals surface area contributed by atoms with Crippen LogP contribution in [0, 0.1) is 13.8 Å². The Bertz CT molecular complexity index is 836. The maximum atomic E-state index is 12.2. The van der Waals surface area contributed by atoms with Crippen LogP contribution in [-0.2, 0) is 4.79 Å². The van der Waals surface area contributed by atoms with E-state index in [-0.39, 0.29) is 6.61 Å². The fraction of sp³-hybridized carbons (Fsp3) is 0.333. The number of amides is 2. The van der Waals surface area contributed by atoms with Crippen molar-refractivity contribution >= 4 is 11.8 Å². The zero-order valence-electron chi connectivity index (χ0n) is 16.6. The molecule has 0 saturated heterocycles. The molecule has 7 heteroatoms. The highest BCUT2D eigenvalue weighted by Crippen LogP contribution is 2.28. The molecule has 2 aromatic rings. The van der Waals surface area contributed by atoms with Crippen LogP contribution in [0.2, 0.25) is 0 Å². The molecule has 2 aromatic carbocycles. The highest BCUT2D eigenvalue weighted by molar-refractivity contribution is 5.96. The molecule has 0 saturated carbocycles. The normalized spacial score (nSPS) is 10.1. The van der Waals surface area contributed by atoms with Gasteiger partial charge in [0, 0.05) is 5.56 Å². The van der Waals surface area contributed by atoms with Gasteiger partial charge in [0.1, 0.15) is 5.75 Å². The van der Waals surface area contributed by atoms with Crippen LogP contribution in [0.25, 0.3) is 0 Å². The molecule has 0 spiro atoms. The predicted molar refractivity (Wildman–Crippen MR) is 106 cm³/mol. The van der Waals surface area contributed by atoms with Gasteiger partial charge in [-0.15, -0.1) is 0 Å². The minimum absolute atomic E-state index is 0.211. The number of carbonyl (C=O) groups is 2. The summed E-state index contributed by atoms with van der Waals surface area (Å²) in [5.41, 5.74) is 7.07. The number of carbonyl (C=O) groups excluding carboxylic acids is 2. The second-order valence-electron chi connectivity index (χ2n) is 6.27. The Morgan fingerprint density at radius 2 is 1.68 bits per heavy atom. The number of ether oxygens (including phenoxy) is 3. The van der Waals surface area contributed by atoms with Crippen molar-refractivity contribution in [2.75, 3.05) is 20.3 Å². The van der Waals surface area contributed by atoms with E-state index in [1.54, 1.807) is 18.2 Å². The molecule has 0 fully saturated rings. The fourth-order valence-corrected chi connectivity index (χ4v) is 2.48. The molecule has 0 aliphatic carbocycles. The minimum atomic E-state index is -0.472. The number of hydrogen-bond acceptors (Lipinski definition) is 5. The molecular formula is C21H26N2O5. The maximum Gasteiger partial charge on any atom is 0.276 e. The summed E-state index contributed by atoms with van der Waals surface area (Å²) in [6.07, 6.45) is 0.863. The third-order valence-corrected chi connectivity index (χ3v) is 3.89. The van der Waals surface area contributed by atoms with Gasteiger partial charge in [-0.05, 0) is 50.1 Å². The number of methoxy groups -OCH3 is 1. The molecule has 7 nitrogen and oxygen atoms in total. The van der Waals surface area contributed by atoms with Crippen LogP contribution in [0.1, 0.15) is 34.8 Å². The summed E-state index contributed by atoms with van der Waals surface area (Å²) in [7, 11) is 1.50. The number of benzene rings is 2. The summed E-state index contributed by atoms with van der Waals surface area (Å²) in [5, 5.41) is 0. The molecule has 0 aliphatic heterocycles. The van der Waals surface area contributed by atoms with Crippen LogP contribution in [0.4, 0.5) is 0 Å². The molecular weight excluding hydrogens is 360 g/mol. The van der Waals surface area contributed by atoms with E-state index in [2.05, 4.69) is 10.9 Å². The van der Waals surface area contributed by atoms with Crippen molar-refractivity contribution in [2.45, 2.75) is 27.2 Å². The van der Waals surface area contributed by atoms with Crippen LogP contribution in [0.15, 0.2) is 36.4 Å². The van der Waals surface area contributed by atoms with E-state index in [0.29, 0.717) is 29.4 Å². The Balaban J connectivity index is 1.87. The van der Waals surface area contributed by atoms with Gasteiger partial charge in [-0.25, -0.2) is 0 Å². The van der Waals surface area contributed by atoms with Gasteiger partial charge in [0.05, 0.1) is 13.7 Å². The minimum Gasteiger partial charge on any atom is -0.493 e. The second-order valence-corrected chi connectivity index (χ2v) is 6.27. The Morgan fingerprint density at radius 1 is 0.929 bits per heavy atom.